The molecule has 2 aromatic rings. The van der Waals surface area contributed by atoms with Gasteiger partial charge in [0.25, 0.3) is 5.91 Å². The lowest BCUT2D eigenvalue weighted by Gasteiger charge is -2.31. The van der Waals surface area contributed by atoms with Crippen molar-refractivity contribution in [1.29, 1.82) is 0 Å². The Bertz CT molecular complexity index is 1120. The average molecular weight is 488 g/mol. The molecule has 0 radical (unpaired) electrons. The van der Waals surface area contributed by atoms with Crippen molar-refractivity contribution in [3.8, 4) is 0 Å². The van der Waals surface area contributed by atoms with Crippen LogP contribution < -0.4 is 5.32 Å². The Morgan fingerprint density at radius 3 is 2.06 bits per heavy atom. The molecule has 1 N–H and O–H groups in total. The molecule has 2 aromatic carbocycles. The van der Waals surface area contributed by atoms with E-state index in [-0.39, 0.29) is 22.6 Å². The standard InChI is InChI=1S/C25H30FN3O4S/c1-18-10-16-29(17-11-18)34(32,33)23-8-6-22(7-9-23)27-24(30)19-12-14-28(15-13-19)25(31)20-2-4-21(26)5-3-20/h2-9,18-19H,10-17H2,1H3,(H,27,30). The van der Waals surface area contributed by atoms with Gasteiger partial charge in [0, 0.05) is 43.3 Å². The van der Waals surface area contributed by atoms with E-state index in [1.807, 2.05) is 0 Å². The topological polar surface area (TPSA) is 86.8 Å². The van der Waals surface area contributed by atoms with E-state index in [1.165, 1.54) is 40.7 Å². The Kier molecular flexibility index (Phi) is 7.33. The Morgan fingerprint density at radius 2 is 1.47 bits per heavy atom. The molecule has 0 aliphatic carbocycles. The molecule has 4 rings (SSSR count). The van der Waals surface area contributed by atoms with Crippen LogP contribution in [-0.2, 0) is 14.8 Å². The van der Waals surface area contributed by atoms with Gasteiger partial charge in [0.2, 0.25) is 15.9 Å². The number of hydrogen-bond acceptors (Lipinski definition) is 4. The van der Waals surface area contributed by atoms with Crippen LogP contribution in [-0.4, -0.2) is 55.6 Å². The molecule has 0 aromatic heterocycles. The van der Waals surface area contributed by atoms with Gasteiger partial charge in [0.05, 0.1) is 4.90 Å². The Balaban J connectivity index is 1.30. The number of amides is 2. The summed E-state index contributed by atoms with van der Waals surface area (Å²) in [5.74, 6) is -0.403. The van der Waals surface area contributed by atoms with Crippen molar-refractivity contribution in [2.75, 3.05) is 31.5 Å². The fraction of sp³-hybridized carbons (Fsp3) is 0.440. The number of likely N-dealkylation sites (tertiary alicyclic amines) is 1. The number of benzene rings is 2. The number of piperidine rings is 2. The number of nitrogens with zero attached hydrogens (tertiary/aromatic N) is 2. The molecule has 0 atom stereocenters. The van der Waals surface area contributed by atoms with Gasteiger partial charge in [-0.1, -0.05) is 6.92 Å². The van der Waals surface area contributed by atoms with Gasteiger partial charge in [-0.2, -0.15) is 4.31 Å². The maximum atomic E-state index is 13.1. The van der Waals surface area contributed by atoms with Gasteiger partial charge in [0.15, 0.2) is 0 Å². The summed E-state index contributed by atoms with van der Waals surface area (Å²) in [6.07, 6.45) is 2.78. The van der Waals surface area contributed by atoms with Gasteiger partial charge < -0.3 is 10.2 Å². The molecule has 182 valence electrons. The van der Waals surface area contributed by atoms with Crippen molar-refractivity contribution in [1.82, 2.24) is 9.21 Å². The SMILES string of the molecule is CC1CCN(S(=O)(=O)c2ccc(NC(=O)C3CCN(C(=O)c4ccc(F)cc4)CC3)cc2)CC1. The van der Waals surface area contributed by atoms with Crippen molar-refractivity contribution in [3.05, 3.63) is 59.9 Å². The summed E-state index contributed by atoms with van der Waals surface area (Å²) in [7, 11) is -3.53. The molecule has 2 aliphatic rings. The Labute approximate surface area is 200 Å². The van der Waals surface area contributed by atoms with Crippen molar-refractivity contribution in [3.63, 3.8) is 0 Å². The van der Waals surface area contributed by atoms with Crippen LogP contribution in [0.25, 0.3) is 0 Å². The van der Waals surface area contributed by atoms with Crippen LogP contribution in [0.5, 0.6) is 0 Å². The molecule has 0 bridgehead atoms. The third-order valence-electron chi connectivity index (χ3n) is 6.75. The van der Waals surface area contributed by atoms with Crippen molar-refractivity contribution < 1.29 is 22.4 Å². The first-order valence-corrected chi connectivity index (χ1v) is 13.1. The molecule has 2 fully saturated rings. The predicted octanol–water partition coefficient (Wildman–Crippen LogP) is 3.74. The molecule has 2 saturated heterocycles. The van der Waals surface area contributed by atoms with Gasteiger partial charge in [-0.25, -0.2) is 12.8 Å². The normalized spacial score (nSPS) is 18.6. The summed E-state index contributed by atoms with van der Waals surface area (Å²) in [6, 6.07) is 11.8. The molecule has 2 amide bonds. The highest BCUT2D eigenvalue weighted by Gasteiger charge is 2.29. The van der Waals surface area contributed by atoms with E-state index in [4.69, 9.17) is 0 Å². The van der Waals surface area contributed by atoms with Gasteiger partial charge in [-0.05, 0) is 80.1 Å². The first-order valence-electron chi connectivity index (χ1n) is 11.7. The second-order valence-electron chi connectivity index (χ2n) is 9.17. The second-order valence-corrected chi connectivity index (χ2v) is 11.1. The summed E-state index contributed by atoms with van der Waals surface area (Å²) in [5, 5.41) is 2.87. The first-order chi connectivity index (χ1) is 16.2. The Hall–Kier alpha value is -2.78. The highest BCUT2D eigenvalue weighted by atomic mass is 32.2. The van der Waals surface area contributed by atoms with E-state index >= 15 is 0 Å². The van der Waals surface area contributed by atoms with Gasteiger partial charge in [-0.15, -0.1) is 0 Å². The van der Waals surface area contributed by atoms with E-state index in [2.05, 4.69) is 12.2 Å². The van der Waals surface area contributed by atoms with Crippen LogP contribution in [0.3, 0.4) is 0 Å². The molecular weight excluding hydrogens is 457 g/mol. The molecule has 0 unspecified atom stereocenters. The van der Waals surface area contributed by atoms with E-state index in [0.29, 0.717) is 56.2 Å². The monoisotopic (exact) mass is 487 g/mol. The van der Waals surface area contributed by atoms with Crippen LogP contribution in [0.15, 0.2) is 53.4 Å². The fourth-order valence-electron chi connectivity index (χ4n) is 4.45. The number of nitrogens with one attached hydrogen (secondary N) is 1. The van der Waals surface area contributed by atoms with E-state index in [9.17, 15) is 22.4 Å². The van der Waals surface area contributed by atoms with E-state index < -0.39 is 15.8 Å². The quantitative estimate of drug-likeness (QED) is 0.696. The number of hydrogen-bond donors (Lipinski definition) is 1. The second kappa shape index (κ2) is 10.2. The predicted molar refractivity (Wildman–Crippen MR) is 127 cm³/mol. The lowest BCUT2D eigenvalue weighted by molar-refractivity contribution is -0.121. The maximum absolute atomic E-state index is 13.1. The molecule has 2 aliphatic heterocycles. The number of sulfonamides is 1. The zero-order chi connectivity index (χ0) is 24.3. The summed E-state index contributed by atoms with van der Waals surface area (Å²) in [6.45, 7) is 4.09. The zero-order valence-corrected chi connectivity index (χ0v) is 20.1. The van der Waals surface area contributed by atoms with E-state index in [1.54, 1.807) is 17.0 Å². The minimum atomic E-state index is -3.53. The number of rotatable bonds is 5. The minimum absolute atomic E-state index is 0.144. The van der Waals surface area contributed by atoms with Crippen LogP contribution in [0, 0.1) is 17.7 Å². The van der Waals surface area contributed by atoms with Gasteiger partial charge >= 0.3 is 0 Å². The summed E-state index contributed by atoms with van der Waals surface area (Å²) in [4.78, 5) is 27.2. The van der Waals surface area contributed by atoms with Crippen molar-refractivity contribution >= 4 is 27.5 Å². The molecule has 34 heavy (non-hydrogen) atoms. The molecular formula is C25H30FN3O4S. The van der Waals surface area contributed by atoms with Gasteiger partial charge in [-0.3, -0.25) is 9.59 Å². The zero-order valence-electron chi connectivity index (χ0n) is 19.2. The number of anilines is 1. The summed E-state index contributed by atoms with van der Waals surface area (Å²) >= 11 is 0. The maximum Gasteiger partial charge on any atom is 0.253 e. The smallest absolute Gasteiger partial charge is 0.253 e. The number of carbonyl (C=O) groups excluding carboxylic acids is 2. The lowest BCUT2D eigenvalue weighted by Crippen LogP contribution is -2.41. The van der Waals surface area contributed by atoms with Crippen LogP contribution >= 0.6 is 0 Å². The highest BCUT2D eigenvalue weighted by molar-refractivity contribution is 7.89. The largest absolute Gasteiger partial charge is 0.339 e. The van der Waals surface area contributed by atoms with Crippen LogP contribution in [0.4, 0.5) is 10.1 Å². The summed E-state index contributed by atoms with van der Waals surface area (Å²) < 4.78 is 40.4. The van der Waals surface area contributed by atoms with Crippen LogP contribution in [0.1, 0.15) is 43.0 Å². The van der Waals surface area contributed by atoms with Crippen molar-refractivity contribution in [2.24, 2.45) is 11.8 Å². The number of halogens is 1. The van der Waals surface area contributed by atoms with Crippen molar-refractivity contribution in [2.45, 2.75) is 37.5 Å². The minimum Gasteiger partial charge on any atom is -0.339 e. The fourth-order valence-corrected chi connectivity index (χ4v) is 5.92. The highest BCUT2D eigenvalue weighted by Crippen LogP contribution is 2.25. The summed E-state index contributed by atoms with van der Waals surface area (Å²) in [5.41, 5.74) is 0.972. The third kappa shape index (κ3) is 5.47. The van der Waals surface area contributed by atoms with Gasteiger partial charge in [0.1, 0.15) is 5.82 Å². The van der Waals surface area contributed by atoms with E-state index in [0.717, 1.165) is 12.8 Å². The van der Waals surface area contributed by atoms with Crippen LogP contribution in [0.2, 0.25) is 0 Å². The first kappa shape index (κ1) is 24.3. The Morgan fingerprint density at radius 1 is 0.882 bits per heavy atom. The molecule has 0 saturated carbocycles. The molecule has 7 nitrogen and oxygen atoms in total. The average Bonchev–Trinajstić information content (AvgIpc) is 2.85. The molecule has 0 spiro atoms. The molecule has 2 heterocycles. The molecule has 9 heteroatoms. The lowest BCUT2D eigenvalue weighted by atomic mass is 9.95. The number of carbonyl (C=O) groups is 2. The third-order valence-corrected chi connectivity index (χ3v) is 8.66.